The van der Waals surface area contributed by atoms with Crippen LogP contribution in [0.15, 0.2) is 47.8 Å². The summed E-state index contributed by atoms with van der Waals surface area (Å²) in [5.74, 6) is 0.0458. The Hall–Kier alpha value is -3.17. The number of carbonyl (C=O) groups excluding carboxylic acids is 1. The Balaban J connectivity index is 1.85. The molecule has 1 aliphatic rings. The molecule has 6 heteroatoms. The van der Waals surface area contributed by atoms with Gasteiger partial charge in [0.05, 0.1) is 23.6 Å². The first kappa shape index (κ1) is 17.3. The summed E-state index contributed by atoms with van der Waals surface area (Å²) >= 11 is 1.63. The zero-order chi connectivity index (χ0) is 19.2. The van der Waals surface area contributed by atoms with Crippen molar-refractivity contribution in [3.8, 4) is 17.2 Å². The van der Waals surface area contributed by atoms with E-state index in [2.05, 4.69) is 28.9 Å². The van der Waals surface area contributed by atoms with Crippen LogP contribution in [0.5, 0.6) is 0 Å². The van der Waals surface area contributed by atoms with Crippen LogP contribution in [0, 0.1) is 16.7 Å². The Morgan fingerprint density at radius 3 is 2.81 bits per heavy atom. The van der Waals surface area contributed by atoms with Gasteiger partial charge in [-0.15, -0.1) is 11.3 Å². The van der Waals surface area contributed by atoms with Crippen molar-refractivity contribution in [2.24, 2.45) is 0 Å². The lowest BCUT2D eigenvalue weighted by Crippen LogP contribution is -2.58. The number of hydrogen-bond donors (Lipinski definition) is 2. The molecular weight excluding hydrogens is 356 g/mol. The molecule has 3 aromatic rings. The van der Waals surface area contributed by atoms with E-state index in [1.54, 1.807) is 24.5 Å². The average molecular weight is 374 g/mol. The van der Waals surface area contributed by atoms with Gasteiger partial charge in [-0.25, -0.2) is 0 Å². The van der Waals surface area contributed by atoms with E-state index in [-0.39, 0.29) is 11.9 Å². The minimum absolute atomic E-state index is 0.0709. The molecule has 1 atom stereocenters. The third kappa shape index (κ3) is 2.77. The smallest absolute Gasteiger partial charge is 0.231 e. The quantitative estimate of drug-likeness (QED) is 0.710. The highest BCUT2D eigenvalue weighted by atomic mass is 32.1. The van der Waals surface area contributed by atoms with E-state index in [1.807, 2.05) is 31.2 Å². The van der Waals surface area contributed by atoms with Crippen molar-refractivity contribution in [2.45, 2.75) is 18.9 Å². The van der Waals surface area contributed by atoms with Gasteiger partial charge in [-0.1, -0.05) is 30.3 Å². The Bertz CT molecular complexity index is 1110. The summed E-state index contributed by atoms with van der Waals surface area (Å²) in [5.41, 5.74) is 3.10. The lowest BCUT2D eigenvalue weighted by Gasteiger charge is -2.39. The maximum atomic E-state index is 12.3. The summed E-state index contributed by atoms with van der Waals surface area (Å²) in [6.07, 6.45) is 0.297. The molecule has 1 fully saturated rings. The van der Waals surface area contributed by atoms with Gasteiger partial charge in [-0.3, -0.25) is 15.1 Å². The molecule has 1 aliphatic heterocycles. The fourth-order valence-electron chi connectivity index (χ4n) is 3.57. The number of amides is 1. The molecular formula is C21H18N4OS. The topological polar surface area (TPSA) is 80.0 Å². The third-order valence-electron chi connectivity index (χ3n) is 5.11. The third-order valence-corrected chi connectivity index (χ3v) is 6.13. The molecule has 1 amide bonds. The van der Waals surface area contributed by atoms with E-state index in [4.69, 9.17) is 5.41 Å². The van der Waals surface area contributed by atoms with Gasteiger partial charge in [0.25, 0.3) is 0 Å². The van der Waals surface area contributed by atoms with Gasteiger partial charge in [-0.2, -0.15) is 5.26 Å². The summed E-state index contributed by atoms with van der Waals surface area (Å²) in [6, 6.07) is 15.9. The van der Waals surface area contributed by atoms with Crippen molar-refractivity contribution >= 4 is 33.3 Å². The van der Waals surface area contributed by atoms with Crippen LogP contribution in [0.4, 0.5) is 0 Å². The van der Waals surface area contributed by atoms with Crippen LogP contribution in [0.1, 0.15) is 24.5 Å². The second-order valence-corrected chi connectivity index (χ2v) is 7.84. The van der Waals surface area contributed by atoms with Crippen molar-refractivity contribution < 1.29 is 4.79 Å². The van der Waals surface area contributed by atoms with E-state index in [1.165, 1.54) is 4.90 Å². The molecule has 27 heavy (non-hydrogen) atoms. The van der Waals surface area contributed by atoms with Gasteiger partial charge in [-0.05, 0) is 46.5 Å². The zero-order valence-corrected chi connectivity index (χ0v) is 15.9. The number of fused-ring (bicyclic) bond motifs is 1. The number of nitrogens with zero attached hydrogens (tertiary/aromatic N) is 2. The van der Waals surface area contributed by atoms with E-state index < -0.39 is 5.54 Å². The van der Waals surface area contributed by atoms with Gasteiger partial charge in [0, 0.05) is 11.7 Å². The van der Waals surface area contributed by atoms with Crippen molar-refractivity contribution in [3.05, 3.63) is 59.0 Å². The minimum Gasteiger partial charge on any atom is -0.346 e. The zero-order valence-electron chi connectivity index (χ0n) is 15.0. The first-order valence-corrected chi connectivity index (χ1v) is 9.45. The van der Waals surface area contributed by atoms with Crippen molar-refractivity contribution in [1.82, 2.24) is 10.2 Å². The standard InChI is InChI=1S/C21H18N4OS/c1-21(10-18(26)25(2)20(23)24-21)17-12-27-19-15(7-4-8-16(17)19)14-6-3-5-13(9-14)11-22/h3-9,12H,10H2,1-2H3,(H2,23,24)/t21-/m0/s1. The molecule has 0 unspecified atom stereocenters. The highest BCUT2D eigenvalue weighted by molar-refractivity contribution is 7.18. The molecule has 1 aromatic heterocycles. The minimum atomic E-state index is -0.619. The maximum absolute atomic E-state index is 12.3. The summed E-state index contributed by atoms with van der Waals surface area (Å²) < 4.78 is 1.11. The van der Waals surface area contributed by atoms with Gasteiger partial charge in [0.1, 0.15) is 0 Å². The molecule has 2 N–H and O–H groups in total. The summed E-state index contributed by atoms with van der Waals surface area (Å²) in [5, 5.41) is 23.6. The monoisotopic (exact) mass is 374 g/mol. The molecule has 2 heterocycles. The highest BCUT2D eigenvalue weighted by Crippen LogP contribution is 2.41. The van der Waals surface area contributed by atoms with E-state index in [0.717, 1.165) is 26.8 Å². The highest BCUT2D eigenvalue weighted by Gasteiger charge is 2.39. The van der Waals surface area contributed by atoms with Crippen LogP contribution in [0.25, 0.3) is 21.2 Å². The average Bonchev–Trinajstić information content (AvgIpc) is 3.11. The summed E-state index contributed by atoms with van der Waals surface area (Å²) in [6.45, 7) is 1.97. The Kier molecular flexibility index (Phi) is 3.97. The predicted octanol–water partition coefficient (Wildman–Crippen LogP) is 4.04. The summed E-state index contributed by atoms with van der Waals surface area (Å²) in [7, 11) is 1.61. The first-order chi connectivity index (χ1) is 12.9. The number of nitriles is 1. The van der Waals surface area contributed by atoms with Crippen LogP contribution in [0.3, 0.4) is 0 Å². The normalized spacial score (nSPS) is 19.8. The number of carbonyl (C=O) groups is 1. The molecule has 0 saturated carbocycles. The Morgan fingerprint density at radius 2 is 2.07 bits per heavy atom. The number of guanidine groups is 1. The molecule has 4 rings (SSSR count). The van der Waals surface area contributed by atoms with Crippen molar-refractivity contribution in [2.75, 3.05) is 7.05 Å². The van der Waals surface area contributed by atoms with E-state index in [9.17, 15) is 10.1 Å². The second kappa shape index (κ2) is 6.22. The number of benzene rings is 2. The lowest BCUT2D eigenvalue weighted by atomic mass is 9.86. The maximum Gasteiger partial charge on any atom is 0.231 e. The molecule has 0 radical (unpaired) electrons. The SMILES string of the molecule is CN1C(=N)N[C@](C)(c2csc3c(-c4cccc(C#N)c4)cccc23)CC1=O. The fourth-order valence-corrected chi connectivity index (χ4v) is 4.81. The number of hydrogen-bond acceptors (Lipinski definition) is 4. The number of nitrogens with one attached hydrogen (secondary N) is 2. The molecule has 5 nitrogen and oxygen atoms in total. The van der Waals surface area contributed by atoms with E-state index >= 15 is 0 Å². The van der Waals surface area contributed by atoms with Crippen LogP contribution < -0.4 is 5.32 Å². The molecule has 1 saturated heterocycles. The number of rotatable bonds is 2. The Labute approximate surface area is 161 Å². The van der Waals surface area contributed by atoms with Gasteiger partial charge >= 0.3 is 0 Å². The first-order valence-electron chi connectivity index (χ1n) is 8.57. The fraction of sp³-hybridized carbons (Fsp3) is 0.190. The molecule has 0 bridgehead atoms. The summed E-state index contributed by atoms with van der Waals surface area (Å²) in [4.78, 5) is 13.7. The predicted molar refractivity (Wildman–Crippen MR) is 108 cm³/mol. The van der Waals surface area contributed by atoms with E-state index in [0.29, 0.717) is 12.0 Å². The van der Waals surface area contributed by atoms with Crippen molar-refractivity contribution in [1.29, 1.82) is 10.7 Å². The lowest BCUT2D eigenvalue weighted by molar-refractivity contribution is -0.129. The molecule has 2 aromatic carbocycles. The van der Waals surface area contributed by atoms with Crippen LogP contribution >= 0.6 is 11.3 Å². The molecule has 134 valence electrons. The Morgan fingerprint density at radius 1 is 1.30 bits per heavy atom. The van der Waals surface area contributed by atoms with Gasteiger partial charge in [0.15, 0.2) is 5.96 Å². The van der Waals surface area contributed by atoms with Crippen LogP contribution in [-0.4, -0.2) is 23.8 Å². The molecule has 0 spiro atoms. The largest absolute Gasteiger partial charge is 0.346 e. The van der Waals surface area contributed by atoms with Gasteiger partial charge in [0.2, 0.25) is 5.91 Å². The van der Waals surface area contributed by atoms with Crippen LogP contribution in [-0.2, 0) is 10.3 Å². The molecule has 0 aliphatic carbocycles. The number of thiophene rings is 1. The second-order valence-electron chi connectivity index (χ2n) is 6.96. The van der Waals surface area contributed by atoms with Crippen molar-refractivity contribution in [3.63, 3.8) is 0 Å². The van der Waals surface area contributed by atoms with Gasteiger partial charge < -0.3 is 5.32 Å². The van der Waals surface area contributed by atoms with Crippen LogP contribution in [0.2, 0.25) is 0 Å².